The van der Waals surface area contributed by atoms with Crippen LogP contribution in [0, 0.1) is 0 Å². The molecular formula is C54H104O12S. The average Bonchev–Trinajstić information content (AvgIpc) is 3.30. The van der Waals surface area contributed by atoms with E-state index >= 15 is 0 Å². The Bertz CT molecular complexity index is 1220. The minimum absolute atomic E-state index is 0.0378. The van der Waals surface area contributed by atoms with Crippen LogP contribution in [0.5, 0.6) is 0 Å². The van der Waals surface area contributed by atoms with Crippen LogP contribution in [0.2, 0.25) is 0 Å². The zero-order valence-corrected chi connectivity index (χ0v) is 43.8. The van der Waals surface area contributed by atoms with Crippen molar-refractivity contribution in [3.05, 3.63) is 12.2 Å². The highest BCUT2D eigenvalue weighted by Gasteiger charge is 2.48. The Balaban J connectivity index is 2.30. The first kappa shape index (κ1) is 63.9. The molecule has 0 radical (unpaired) electrons. The first-order valence-electron chi connectivity index (χ1n) is 27.9. The van der Waals surface area contributed by atoms with Gasteiger partial charge in [0.15, 0.2) is 6.29 Å². The van der Waals surface area contributed by atoms with Crippen LogP contribution in [0.4, 0.5) is 0 Å². The maximum absolute atomic E-state index is 12.9. The topological polar surface area (TPSA) is 178 Å². The molecule has 13 heteroatoms. The van der Waals surface area contributed by atoms with Crippen LogP contribution in [-0.4, -0.2) is 97.5 Å². The molecule has 1 rings (SSSR count). The highest BCUT2D eigenvalue weighted by molar-refractivity contribution is 7.80. The molecule has 0 aromatic rings. The Labute approximate surface area is 410 Å². The Morgan fingerprint density at radius 2 is 0.940 bits per heavy atom. The minimum Gasteiger partial charge on any atom is -0.457 e. The highest BCUT2D eigenvalue weighted by Crippen LogP contribution is 2.26. The third-order valence-electron chi connectivity index (χ3n) is 13.1. The summed E-state index contributed by atoms with van der Waals surface area (Å²) in [6, 6.07) is 0. The van der Waals surface area contributed by atoms with Gasteiger partial charge < -0.3 is 34.3 Å². The van der Waals surface area contributed by atoms with Crippen molar-refractivity contribution < 1.29 is 56.2 Å². The van der Waals surface area contributed by atoms with Gasteiger partial charge in [0, 0.05) is 13.0 Å². The van der Waals surface area contributed by atoms with Crippen molar-refractivity contribution in [1.82, 2.24) is 0 Å². The molecule has 4 N–H and O–H groups in total. The van der Waals surface area contributed by atoms with Crippen LogP contribution in [-0.2, 0) is 38.3 Å². The molecule has 67 heavy (non-hydrogen) atoms. The number of allylic oxidation sites excluding steroid dienone is 2. The lowest BCUT2D eigenvalue weighted by Crippen LogP contribution is -2.60. The van der Waals surface area contributed by atoms with Gasteiger partial charge in [0.1, 0.15) is 30.5 Å². The van der Waals surface area contributed by atoms with Crippen molar-refractivity contribution in [2.45, 2.75) is 301 Å². The first-order valence-corrected chi connectivity index (χ1v) is 29.3. The fourth-order valence-electron chi connectivity index (χ4n) is 8.91. The number of hydrogen-bond donors (Lipinski definition) is 4. The van der Waals surface area contributed by atoms with Gasteiger partial charge in [-0.2, -0.15) is 8.42 Å². The second kappa shape index (κ2) is 45.9. The van der Waals surface area contributed by atoms with E-state index in [4.69, 9.17) is 18.9 Å². The van der Waals surface area contributed by atoms with Crippen molar-refractivity contribution in [1.29, 1.82) is 0 Å². The first-order chi connectivity index (χ1) is 32.6. The second-order valence-electron chi connectivity index (χ2n) is 19.5. The van der Waals surface area contributed by atoms with Gasteiger partial charge in [0.05, 0.1) is 19.8 Å². The zero-order valence-electron chi connectivity index (χ0n) is 43.0. The number of unbranched alkanes of at least 4 members (excludes halogenated alkanes) is 35. The highest BCUT2D eigenvalue weighted by atomic mass is 32.3. The Hall–Kier alpha value is -1.16. The summed E-state index contributed by atoms with van der Waals surface area (Å²) in [4.78, 5) is 12.9. The molecule has 1 aliphatic heterocycles. The number of hydrogen-bond acceptors (Lipinski definition) is 11. The van der Waals surface area contributed by atoms with Crippen molar-refractivity contribution >= 4 is 16.4 Å². The van der Waals surface area contributed by atoms with E-state index in [1.54, 1.807) is 0 Å². The van der Waals surface area contributed by atoms with Crippen molar-refractivity contribution in [2.75, 3.05) is 26.4 Å². The quantitative estimate of drug-likeness (QED) is 0.0197. The normalized spacial score (nSPS) is 19.4. The molecule has 1 aliphatic rings. The molecule has 398 valence electrons. The summed E-state index contributed by atoms with van der Waals surface area (Å²) in [6.45, 7) is 4.04. The van der Waals surface area contributed by atoms with Crippen molar-refractivity contribution in [2.24, 2.45) is 0 Å². The van der Waals surface area contributed by atoms with E-state index in [1.807, 2.05) is 0 Å². The van der Waals surface area contributed by atoms with Gasteiger partial charge in [-0.25, -0.2) is 4.18 Å². The van der Waals surface area contributed by atoms with Crippen molar-refractivity contribution in [3.63, 3.8) is 0 Å². The van der Waals surface area contributed by atoms with E-state index in [9.17, 15) is 33.1 Å². The van der Waals surface area contributed by atoms with Crippen LogP contribution in [0.25, 0.3) is 0 Å². The molecule has 0 spiro atoms. The molecule has 6 atom stereocenters. The van der Waals surface area contributed by atoms with Crippen LogP contribution in [0.15, 0.2) is 12.2 Å². The molecular weight excluding hydrogens is 873 g/mol. The molecule has 0 aromatic heterocycles. The molecule has 1 heterocycles. The molecule has 0 aliphatic carbocycles. The second-order valence-corrected chi connectivity index (χ2v) is 20.6. The van der Waals surface area contributed by atoms with Gasteiger partial charge in [0.2, 0.25) is 0 Å². The van der Waals surface area contributed by atoms with Crippen molar-refractivity contribution in [3.8, 4) is 0 Å². The molecule has 6 unspecified atom stereocenters. The number of esters is 1. The number of ether oxygens (including phenoxy) is 4. The Morgan fingerprint density at radius 3 is 1.34 bits per heavy atom. The van der Waals surface area contributed by atoms with Gasteiger partial charge in [0.25, 0.3) is 0 Å². The molecule has 0 saturated carbocycles. The maximum atomic E-state index is 12.9. The third-order valence-corrected chi connectivity index (χ3v) is 13.6. The lowest BCUT2D eigenvalue weighted by atomic mass is 9.99. The van der Waals surface area contributed by atoms with E-state index in [-0.39, 0.29) is 19.6 Å². The van der Waals surface area contributed by atoms with Crippen LogP contribution in [0.1, 0.15) is 264 Å². The van der Waals surface area contributed by atoms with E-state index in [1.165, 1.54) is 193 Å². The summed E-state index contributed by atoms with van der Waals surface area (Å²) in [5.74, 6) is -0.394. The summed E-state index contributed by atoms with van der Waals surface area (Å²) >= 11 is 0. The Morgan fingerprint density at radius 1 is 0.552 bits per heavy atom. The molecule has 1 fully saturated rings. The fourth-order valence-corrected chi connectivity index (χ4v) is 9.41. The standard InChI is InChI=1S/C54H104O12S/c1-3-5-7-9-11-13-15-17-19-21-22-23-24-25-26-27-29-31-33-35-37-39-41-43-50(56)64-48(47-63-54-52(58)53(66-67(59,60)61)51(57)49(45-55)65-54)46-62-44-42-40-38-36-34-32-30-28-20-18-16-14-12-10-8-6-4-2/h20,28,48-49,51-55,57-58H,3-19,21-27,29-47H2,1-2H3,(H,59,60,61)/b28-20-. The number of carbonyl (C=O) groups is 1. The van der Waals surface area contributed by atoms with Gasteiger partial charge in [-0.15, -0.1) is 0 Å². The van der Waals surface area contributed by atoms with Gasteiger partial charge in [-0.3, -0.25) is 9.35 Å². The average molecular weight is 977 g/mol. The van der Waals surface area contributed by atoms with Gasteiger partial charge in [-0.1, -0.05) is 231 Å². The van der Waals surface area contributed by atoms with Gasteiger partial charge >= 0.3 is 16.4 Å². The summed E-state index contributed by atoms with van der Waals surface area (Å²) < 4.78 is 59.3. The largest absolute Gasteiger partial charge is 0.457 e. The van der Waals surface area contributed by atoms with Crippen LogP contribution < -0.4 is 0 Å². The lowest BCUT2D eigenvalue weighted by Gasteiger charge is -2.41. The Kier molecular flexibility index (Phi) is 43.8. The minimum atomic E-state index is -5.06. The summed E-state index contributed by atoms with van der Waals surface area (Å²) in [6.07, 6.45) is 43.9. The fraction of sp³-hybridized carbons (Fsp3) is 0.944. The zero-order chi connectivity index (χ0) is 48.9. The molecule has 12 nitrogen and oxygen atoms in total. The molecule has 0 aromatic carbocycles. The number of carbonyl (C=O) groups excluding carboxylic acids is 1. The van der Waals surface area contributed by atoms with E-state index in [2.05, 4.69) is 30.2 Å². The summed E-state index contributed by atoms with van der Waals surface area (Å²) in [7, 11) is -5.06. The molecule has 0 amide bonds. The number of aliphatic hydroxyl groups excluding tert-OH is 3. The van der Waals surface area contributed by atoms with E-state index in [0.717, 1.165) is 44.9 Å². The predicted octanol–water partition coefficient (Wildman–Crippen LogP) is 13.4. The number of aliphatic hydroxyl groups is 3. The van der Waals surface area contributed by atoms with Crippen LogP contribution in [0.3, 0.4) is 0 Å². The predicted molar refractivity (Wildman–Crippen MR) is 271 cm³/mol. The maximum Gasteiger partial charge on any atom is 0.397 e. The monoisotopic (exact) mass is 977 g/mol. The SMILES string of the molecule is CCCCCCCCC/C=C\CCCCCCCCOCC(COC1OC(CO)C(O)C(OS(=O)(=O)O)C1O)OC(=O)CCCCCCCCCCCCCCCCCCCCCCCCC. The number of rotatable bonds is 50. The lowest BCUT2D eigenvalue weighted by molar-refractivity contribution is -0.301. The summed E-state index contributed by atoms with van der Waals surface area (Å²) in [5.41, 5.74) is 0. The summed E-state index contributed by atoms with van der Waals surface area (Å²) in [5, 5.41) is 30.8. The van der Waals surface area contributed by atoms with E-state index in [0.29, 0.717) is 13.0 Å². The smallest absolute Gasteiger partial charge is 0.397 e. The van der Waals surface area contributed by atoms with E-state index < -0.39 is 59.8 Å². The van der Waals surface area contributed by atoms with Gasteiger partial charge in [-0.05, 0) is 38.5 Å². The molecule has 1 saturated heterocycles. The van der Waals surface area contributed by atoms with Crippen LogP contribution >= 0.6 is 0 Å². The third kappa shape index (κ3) is 39.2. The molecule has 0 bridgehead atoms.